The van der Waals surface area contributed by atoms with Crippen molar-refractivity contribution >= 4 is 33.1 Å². The summed E-state index contributed by atoms with van der Waals surface area (Å²) in [5, 5.41) is 6.24. The lowest BCUT2D eigenvalue weighted by Crippen LogP contribution is -2.00. The summed E-state index contributed by atoms with van der Waals surface area (Å²) in [6.07, 6.45) is 1.52. The minimum absolute atomic E-state index is 0.330. The van der Waals surface area contributed by atoms with Gasteiger partial charge in [-0.3, -0.25) is 0 Å². The summed E-state index contributed by atoms with van der Waals surface area (Å²) in [6.45, 7) is 4.34. The maximum Gasteiger partial charge on any atom is 0.145 e. The van der Waals surface area contributed by atoms with Crippen LogP contribution in [0.5, 0.6) is 5.75 Å². The van der Waals surface area contributed by atoms with Gasteiger partial charge in [0.1, 0.15) is 28.5 Å². The van der Waals surface area contributed by atoms with Crippen molar-refractivity contribution < 1.29 is 9.13 Å². The summed E-state index contributed by atoms with van der Waals surface area (Å²) in [5.74, 6) is 0.840. The first kappa shape index (κ1) is 13.8. The second-order valence-corrected chi connectivity index (χ2v) is 5.38. The van der Waals surface area contributed by atoms with E-state index >= 15 is 0 Å². The van der Waals surface area contributed by atoms with Crippen molar-refractivity contribution in [1.82, 2.24) is 9.97 Å². The van der Waals surface area contributed by atoms with E-state index in [1.54, 1.807) is 17.4 Å². The first-order valence-electron chi connectivity index (χ1n) is 6.57. The van der Waals surface area contributed by atoms with E-state index in [-0.39, 0.29) is 5.82 Å². The number of fused-ring (bicyclic) bond motifs is 1. The van der Waals surface area contributed by atoms with Gasteiger partial charge in [0.05, 0.1) is 17.7 Å². The Kier molecular flexibility index (Phi) is 3.70. The number of ether oxygens (including phenoxy) is 1. The number of halogens is 1. The second kappa shape index (κ2) is 5.65. The molecule has 0 aliphatic heterocycles. The van der Waals surface area contributed by atoms with Crippen LogP contribution in [0.3, 0.4) is 0 Å². The third kappa shape index (κ3) is 2.67. The van der Waals surface area contributed by atoms with Crippen molar-refractivity contribution in [3.63, 3.8) is 0 Å². The number of nitrogens with zero attached hydrogens (tertiary/aromatic N) is 2. The van der Waals surface area contributed by atoms with Crippen LogP contribution >= 0.6 is 11.3 Å². The molecule has 0 aliphatic rings. The lowest BCUT2D eigenvalue weighted by molar-refractivity contribution is 0.340. The molecule has 0 fully saturated rings. The lowest BCUT2D eigenvalue weighted by atomic mass is 10.2. The lowest BCUT2D eigenvalue weighted by Gasteiger charge is -2.12. The monoisotopic (exact) mass is 303 g/mol. The minimum Gasteiger partial charge on any atom is -0.492 e. The van der Waals surface area contributed by atoms with E-state index in [9.17, 15) is 4.39 Å². The van der Waals surface area contributed by atoms with Crippen LogP contribution in [0.25, 0.3) is 10.2 Å². The van der Waals surface area contributed by atoms with E-state index in [0.717, 1.165) is 15.8 Å². The quantitative estimate of drug-likeness (QED) is 0.781. The Morgan fingerprint density at radius 1 is 1.33 bits per heavy atom. The van der Waals surface area contributed by atoms with Crippen LogP contribution in [-0.2, 0) is 0 Å². The van der Waals surface area contributed by atoms with E-state index < -0.39 is 0 Å². The number of aromatic nitrogens is 2. The summed E-state index contributed by atoms with van der Waals surface area (Å²) < 4.78 is 18.8. The molecule has 0 radical (unpaired) electrons. The van der Waals surface area contributed by atoms with Gasteiger partial charge in [-0.2, -0.15) is 0 Å². The molecule has 4 nitrogen and oxygen atoms in total. The highest BCUT2D eigenvalue weighted by Gasteiger charge is 2.11. The molecule has 21 heavy (non-hydrogen) atoms. The van der Waals surface area contributed by atoms with E-state index in [0.29, 0.717) is 23.9 Å². The van der Waals surface area contributed by atoms with Gasteiger partial charge >= 0.3 is 0 Å². The largest absolute Gasteiger partial charge is 0.492 e. The van der Waals surface area contributed by atoms with Crippen molar-refractivity contribution in [3.8, 4) is 5.75 Å². The number of anilines is 2. The number of hydrogen-bond donors (Lipinski definition) is 1. The molecule has 6 heteroatoms. The smallest absolute Gasteiger partial charge is 0.145 e. The van der Waals surface area contributed by atoms with E-state index in [1.165, 1.54) is 18.5 Å². The summed E-state index contributed by atoms with van der Waals surface area (Å²) in [5.41, 5.74) is 1.79. The maximum absolute atomic E-state index is 13.3. The van der Waals surface area contributed by atoms with Gasteiger partial charge in [0, 0.05) is 6.07 Å². The van der Waals surface area contributed by atoms with Crippen LogP contribution in [0.2, 0.25) is 0 Å². The molecule has 0 saturated heterocycles. The molecule has 1 N–H and O–H groups in total. The van der Waals surface area contributed by atoms with Gasteiger partial charge in [-0.1, -0.05) is 0 Å². The van der Waals surface area contributed by atoms with E-state index in [4.69, 9.17) is 4.74 Å². The van der Waals surface area contributed by atoms with Crippen LogP contribution in [0, 0.1) is 12.7 Å². The predicted molar refractivity (Wildman–Crippen MR) is 83.0 cm³/mol. The Morgan fingerprint density at radius 3 is 3.00 bits per heavy atom. The average Bonchev–Trinajstić information content (AvgIpc) is 2.85. The fourth-order valence-electron chi connectivity index (χ4n) is 2.11. The summed E-state index contributed by atoms with van der Waals surface area (Å²) in [6, 6.07) is 4.41. The zero-order valence-corrected chi connectivity index (χ0v) is 12.5. The zero-order valence-electron chi connectivity index (χ0n) is 11.7. The van der Waals surface area contributed by atoms with Gasteiger partial charge in [-0.15, -0.1) is 11.3 Å². The molecule has 0 amide bonds. The standard InChI is InChI=1S/C15H14FN3OS/c1-3-20-12-6-10(16)4-5-11(12)19-14-13-9(2)7-21-15(13)18-8-17-14/h4-8H,3H2,1-2H3,(H,17,18,19). The third-order valence-corrected chi connectivity index (χ3v) is 4.05. The summed E-state index contributed by atoms with van der Waals surface area (Å²) >= 11 is 1.57. The van der Waals surface area contributed by atoms with Crippen molar-refractivity contribution in [1.29, 1.82) is 0 Å². The highest BCUT2D eigenvalue weighted by molar-refractivity contribution is 7.17. The molecule has 0 spiro atoms. The first-order chi connectivity index (χ1) is 10.2. The Labute approximate surface area is 125 Å². The predicted octanol–water partition coefficient (Wildman–Crippen LogP) is 4.28. The second-order valence-electron chi connectivity index (χ2n) is 4.52. The first-order valence-corrected chi connectivity index (χ1v) is 7.45. The SMILES string of the molecule is CCOc1cc(F)ccc1Nc1ncnc2scc(C)c12. The van der Waals surface area contributed by atoms with Crippen molar-refractivity contribution in [2.75, 3.05) is 11.9 Å². The number of thiophene rings is 1. The molecular formula is C15H14FN3OS. The van der Waals surface area contributed by atoms with E-state index in [1.807, 2.05) is 19.2 Å². The zero-order chi connectivity index (χ0) is 14.8. The third-order valence-electron chi connectivity index (χ3n) is 3.05. The maximum atomic E-state index is 13.3. The Hall–Kier alpha value is -2.21. The van der Waals surface area contributed by atoms with Crippen molar-refractivity contribution in [2.24, 2.45) is 0 Å². The van der Waals surface area contributed by atoms with Gasteiger partial charge < -0.3 is 10.1 Å². The van der Waals surface area contributed by atoms with E-state index in [2.05, 4.69) is 15.3 Å². The summed E-state index contributed by atoms with van der Waals surface area (Å²) in [7, 11) is 0. The molecular weight excluding hydrogens is 289 g/mol. The molecule has 2 aromatic heterocycles. The Balaban J connectivity index is 2.04. The normalized spacial score (nSPS) is 10.8. The van der Waals surface area contributed by atoms with Gasteiger partial charge in [-0.25, -0.2) is 14.4 Å². The van der Waals surface area contributed by atoms with Gasteiger partial charge in [-0.05, 0) is 36.9 Å². The highest BCUT2D eigenvalue weighted by Crippen LogP contribution is 2.33. The van der Waals surface area contributed by atoms with Crippen LogP contribution in [0.15, 0.2) is 29.9 Å². The van der Waals surface area contributed by atoms with Gasteiger partial charge in [0.25, 0.3) is 0 Å². The van der Waals surface area contributed by atoms with Gasteiger partial charge in [0.15, 0.2) is 0 Å². The molecule has 3 rings (SSSR count). The van der Waals surface area contributed by atoms with Crippen molar-refractivity contribution in [3.05, 3.63) is 41.3 Å². The number of hydrogen-bond acceptors (Lipinski definition) is 5. The molecule has 0 unspecified atom stereocenters. The van der Waals surface area contributed by atoms with Crippen molar-refractivity contribution in [2.45, 2.75) is 13.8 Å². The molecule has 1 aromatic carbocycles. The minimum atomic E-state index is -0.330. The van der Waals surface area contributed by atoms with Crippen LogP contribution in [0.4, 0.5) is 15.9 Å². The highest BCUT2D eigenvalue weighted by atomic mass is 32.1. The fourth-order valence-corrected chi connectivity index (χ4v) is 3.00. The van der Waals surface area contributed by atoms with Crippen LogP contribution in [0.1, 0.15) is 12.5 Å². The number of rotatable bonds is 4. The number of nitrogens with one attached hydrogen (secondary N) is 1. The number of aryl methyl sites for hydroxylation is 1. The molecule has 0 aliphatic carbocycles. The van der Waals surface area contributed by atoms with Crippen LogP contribution in [-0.4, -0.2) is 16.6 Å². The summed E-state index contributed by atoms with van der Waals surface area (Å²) in [4.78, 5) is 9.47. The average molecular weight is 303 g/mol. The van der Waals surface area contributed by atoms with Crippen LogP contribution < -0.4 is 10.1 Å². The molecule has 0 atom stereocenters. The molecule has 3 aromatic rings. The molecule has 2 heterocycles. The Bertz CT molecular complexity index is 788. The fraction of sp³-hybridized carbons (Fsp3) is 0.200. The molecule has 108 valence electrons. The molecule has 0 saturated carbocycles. The Morgan fingerprint density at radius 2 is 2.19 bits per heavy atom. The van der Waals surface area contributed by atoms with Gasteiger partial charge in [0.2, 0.25) is 0 Å². The number of benzene rings is 1. The topological polar surface area (TPSA) is 47.0 Å². The molecule has 0 bridgehead atoms.